The molecule has 0 bridgehead atoms. The lowest BCUT2D eigenvalue weighted by Gasteiger charge is -2.08. The Kier molecular flexibility index (Phi) is 6.51. The summed E-state index contributed by atoms with van der Waals surface area (Å²) in [6.07, 6.45) is 4.15. The van der Waals surface area contributed by atoms with Gasteiger partial charge in [-0.15, -0.1) is 10.2 Å². The van der Waals surface area contributed by atoms with Gasteiger partial charge >= 0.3 is 0 Å². The molecule has 3 rings (SSSR count). The van der Waals surface area contributed by atoms with E-state index in [1.54, 1.807) is 4.68 Å². The molecule has 2 aromatic heterocycles. The summed E-state index contributed by atoms with van der Waals surface area (Å²) in [5.74, 6) is 1.41. The van der Waals surface area contributed by atoms with E-state index >= 15 is 0 Å². The minimum absolute atomic E-state index is 0.0724. The zero-order valence-electron chi connectivity index (χ0n) is 15.4. The maximum absolute atomic E-state index is 11.9. The van der Waals surface area contributed by atoms with Crippen LogP contribution in [-0.2, 0) is 11.2 Å². The van der Waals surface area contributed by atoms with Crippen molar-refractivity contribution in [2.45, 2.75) is 26.2 Å². The molecule has 1 aromatic carbocycles. The smallest absolute Gasteiger partial charge is 0.220 e. The van der Waals surface area contributed by atoms with Crippen molar-refractivity contribution in [3.8, 4) is 5.82 Å². The lowest BCUT2D eigenvalue weighted by molar-refractivity contribution is -0.121. The van der Waals surface area contributed by atoms with Gasteiger partial charge in [0.25, 0.3) is 0 Å². The predicted octanol–water partition coefficient (Wildman–Crippen LogP) is 2.52. The van der Waals surface area contributed by atoms with Crippen molar-refractivity contribution in [3.05, 3.63) is 66.0 Å². The third-order valence-corrected chi connectivity index (χ3v) is 4.07. The molecule has 0 fully saturated rings. The van der Waals surface area contributed by atoms with Gasteiger partial charge in [-0.3, -0.25) is 4.79 Å². The number of nitrogens with zero attached hydrogens (tertiary/aromatic N) is 4. The molecule has 0 aliphatic rings. The Morgan fingerprint density at radius 3 is 2.59 bits per heavy atom. The lowest BCUT2D eigenvalue weighted by atomic mass is 10.1. The molecule has 0 atom stereocenters. The number of carbonyl (C=O) groups is 1. The van der Waals surface area contributed by atoms with Crippen molar-refractivity contribution >= 4 is 11.7 Å². The molecule has 2 N–H and O–H groups in total. The van der Waals surface area contributed by atoms with E-state index in [-0.39, 0.29) is 5.91 Å². The van der Waals surface area contributed by atoms with Crippen LogP contribution in [-0.4, -0.2) is 39.0 Å². The normalized spacial score (nSPS) is 10.6. The number of anilines is 1. The van der Waals surface area contributed by atoms with Crippen LogP contribution in [0.15, 0.2) is 54.7 Å². The number of rotatable bonds is 9. The van der Waals surface area contributed by atoms with Gasteiger partial charge in [-0.1, -0.05) is 30.3 Å². The number of aromatic nitrogens is 4. The molecule has 27 heavy (non-hydrogen) atoms. The molecule has 0 saturated heterocycles. The second-order valence-corrected chi connectivity index (χ2v) is 6.29. The van der Waals surface area contributed by atoms with E-state index in [0.29, 0.717) is 31.1 Å². The molecule has 2 heterocycles. The van der Waals surface area contributed by atoms with Gasteiger partial charge in [-0.05, 0) is 43.5 Å². The number of hydrogen-bond acceptors (Lipinski definition) is 5. The van der Waals surface area contributed by atoms with Gasteiger partial charge in [0, 0.05) is 25.7 Å². The first-order valence-electron chi connectivity index (χ1n) is 9.11. The average Bonchev–Trinajstić information content (AvgIpc) is 3.13. The molecule has 0 aliphatic heterocycles. The van der Waals surface area contributed by atoms with E-state index in [0.717, 1.165) is 18.5 Å². The molecular formula is C20H24N6O. The second kappa shape index (κ2) is 9.47. The molecule has 7 nitrogen and oxygen atoms in total. The van der Waals surface area contributed by atoms with Crippen LogP contribution >= 0.6 is 0 Å². The van der Waals surface area contributed by atoms with Crippen LogP contribution < -0.4 is 10.6 Å². The molecule has 3 aromatic rings. The molecule has 0 aliphatic carbocycles. The van der Waals surface area contributed by atoms with Crippen molar-refractivity contribution < 1.29 is 4.79 Å². The zero-order chi connectivity index (χ0) is 18.9. The minimum atomic E-state index is 0.0724. The van der Waals surface area contributed by atoms with Crippen molar-refractivity contribution in [1.29, 1.82) is 0 Å². The third-order valence-electron chi connectivity index (χ3n) is 4.07. The molecule has 0 unspecified atom stereocenters. The van der Waals surface area contributed by atoms with Crippen molar-refractivity contribution in [2.24, 2.45) is 0 Å². The first-order chi connectivity index (χ1) is 13.2. The van der Waals surface area contributed by atoms with Crippen LogP contribution in [0.3, 0.4) is 0 Å². The van der Waals surface area contributed by atoms with Gasteiger partial charge in [0.2, 0.25) is 5.91 Å². The van der Waals surface area contributed by atoms with Crippen molar-refractivity contribution in [3.63, 3.8) is 0 Å². The minimum Gasteiger partial charge on any atom is -0.367 e. The summed E-state index contributed by atoms with van der Waals surface area (Å²) in [4.78, 5) is 11.9. The summed E-state index contributed by atoms with van der Waals surface area (Å²) in [6.45, 7) is 3.07. The average molecular weight is 364 g/mol. The number of nitrogens with one attached hydrogen (secondary N) is 2. The summed E-state index contributed by atoms with van der Waals surface area (Å²) in [6, 6.07) is 15.8. The Bertz CT molecular complexity index is 844. The first-order valence-corrected chi connectivity index (χ1v) is 9.11. The monoisotopic (exact) mass is 364 g/mol. The maximum Gasteiger partial charge on any atom is 0.220 e. The summed E-state index contributed by atoms with van der Waals surface area (Å²) in [7, 11) is 0. The highest BCUT2D eigenvalue weighted by Gasteiger charge is 2.03. The Balaban J connectivity index is 1.32. The van der Waals surface area contributed by atoms with Crippen LogP contribution in [0.5, 0.6) is 0 Å². The molecule has 0 spiro atoms. The number of aryl methyl sites for hydroxylation is 2. The van der Waals surface area contributed by atoms with E-state index in [9.17, 15) is 4.79 Å². The fraction of sp³-hybridized carbons (Fsp3) is 0.300. The maximum atomic E-state index is 11.9. The molecule has 140 valence electrons. The largest absolute Gasteiger partial charge is 0.367 e. The zero-order valence-corrected chi connectivity index (χ0v) is 15.4. The Labute approximate surface area is 158 Å². The number of carbonyl (C=O) groups excluding carboxylic acids is 1. The van der Waals surface area contributed by atoms with Crippen LogP contribution in [0.4, 0.5) is 5.82 Å². The molecule has 7 heteroatoms. The van der Waals surface area contributed by atoms with Crippen LogP contribution in [0, 0.1) is 6.92 Å². The number of amides is 1. The lowest BCUT2D eigenvalue weighted by Crippen LogP contribution is -2.28. The number of hydrogen-bond donors (Lipinski definition) is 2. The van der Waals surface area contributed by atoms with Gasteiger partial charge < -0.3 is 10.6 Å². The third kappa shape index (κ3) is 5.91. The van der Waals surface area contributed by atoms with E-state index in [4.69, 9.17) is 0 Å². The Morgan fingerprint density at radius 1 is 1.04 bits per heavy atom. The highest BCUT2D eigenvalue weighted by Crippen LogP contribution is 2.06. The highest BCUT2D eigenvalue weighted by atomic mass is 16.1. The summed E-state index contributed by atoms with van der Waals surface area (Å²) < 4.78 is 1.68. The van der Waals surface area contributed by atoms with Crippen molar-refractivity contribution in [1.82, 2.24) is 25.3 Å². The van der Waals surface area contributed by atoms with Crippen LogP contribution in [0.1, 0.15) is 24.1 Å². The van der Waals surface area contributed by atoms with Crippen molar-refractivity contribution in [2.75, 3.05) is 18.4 Å². The van der Waals surface area contributed by atoms with Gasteiger partial charge in [0.15, 0.2) is 5.82 Å². The van der Waals surface area contributed by atoms with Gasteiger partial charge in [-0.2, -0.15) is 5.10 Å². The van der Waals surface area contributed by atoms with Crippen LogP contribution in [0.2, 0.25) is 0 Å². The Morgan fingerprint density at radius 2 is 1.89 bits per heavy atom. The molecule has 0 radical (unpaired) electrons. The fourth-order valence-electron chi connectivity index (χ4n) is 2.66. The van der Waals surface area contributed by atoms with E-state index in [1.807, 2.05) is 49.5 Å². The summed E-state index contributed by atoms with van der Waals surface area (Å²) >= 11 is 0. The topological polar surface area (TPSA) is 84.7 Å². The summed E-state index contributed by atoms with van der Waals surface area (Å²) in [5.41, 5.74) is 2.19. The predicted molar refractivity (Wildman–Crippen MR) is 105 cm³/mol. The summed E-state index contributed by atoms with van der Waals surface area (Å²) in [5, 5.41) is 18.6. The molecular weight excluding hydrogens is 340 g/mol. The van der Waals surface area contributed by atoms with Crippen LogP contribution in [0.25, 0.3) is 5.82 Å². The van der Waals surface area contributed by atoms with E-state index in [1.165, 1.54) is 5.56 Å². The molecule has 0 saturated carbocycles. The fourth-order valence-corrected chi connectivity index (χ4v) is 2.66. The van der Waals surface area contributed by atoms with Gasteiger partial charge in [0.1, 0.15) is 5.82 Å². The quantitative estimate of drug-likeness (QED) is 0.570. The SMILES string of the molecule is Cc1ccn(-c2ccc(NCCNC(=O)CCCc3ccccc3)nn2)n1. The molecule has 1 amide bonds. The van der Waals surface area contributed by atoms with Gasteiger partial charge in [-0.25, -0.2) is 4.68 Å². The Hall–Kier alpha value is -3.22. The first kappa shape index (κ1) is 18.6. The van der Waals surface area contributed by atoms with E-state index < -0.39 is 0 Å². The van der Waals surface area contributed by atoms with E-state index in [2.05, 4.69) is 38.1 Å². The van der Waals surface area contributed by atoms with Gasteiger partial charge in [0.05, 0.1) is 5.69 Å². The second-order valence-electron chi connectivity index (χ2n) is 6.29. The highest BCUT2D eigenvalue weighted by molar-refractivity contribution is 5.75. The number of benzene rings is 1. The standard InChI is InChI=1S/C20H24N6O/c1-16-12-15-26(25-16)19-11-10-18(23-24-19)21-13-14-22-20(27)9-5-8-17-6-3-2-4-7-17/h2-4,6-7,10-12,15H,5,8-9,13-14H2,1H3,(H,21,23)(H,22,27).